The van der Waals surface area contributed by atoms with E-state index in [0.717, 1.165) is 0 Å². The quantitative estimate of drug-likeness (QED) is 0.412. The van der Waals surface area contributed by atoms with E-state index in [0.29, 0.717) is 32.1 Å². The monoisotopic (exact) mass is 362 g/mol. The Bertz CT molecular complexity index is 425. The third-order valence-electron chi connectivity index (χ3n) is 4.55. The average Bonchev–Trinajstić information content (AvgIpc) is 2.39. The largest absolute Gasteiger partial charge is 0.481 e. The molecule has 0 spiro atoms. The lowest BCUT2D eigenvalue weighted by Crippen LogP contribution is -2.49. The van der Waals surface area contributed by atoms with Gasteiger partial charge < -0.3 is 19.8 Å². The summed E-state index contributed by atoms with van der Waals surface area (Å²) in [6.45, 7) is 7.17. The van der Waals surface area contributed by atoms with E-state index >= 15 is 0 Å². The third kappa shape index (κ3) is 5.39. The molecule has 0 aliphatic heterocycles. The highest BCUT2D eigenvalue weighted by Gasteiger charge is 2.52. The van der Waals surface area contributed by atoms with Crippen LogP contribution in [-0.4, -0.2) is 32.0 Å². The Morgan fingerprint density at radius 3 is 1.64 bits per heavy atom. The lowest BCUT2D eigenvalue weighted by molar-refractivity contribution is -0.0984. The zero-order chi connectivity index (χ0) is 17.7. The Balaban J connectivity index is 5.76. The predicted molar refractivity (Wildman–Crippen MR) is 82.1 cm³/mol. The second-order valence-corrected chi connectivity index (χ2v) is 8.05. The van der Waals surface area contributed by atoms with Crippen molar-refractivity contribution < 1.29 is 37.8 Å². The van der Waals surface area contributed by atoms with E-state index in [-0.39, 0.29) is 6.61 Å². The van der Waals surface area contributed by atoms with E-state index in [9.17, 15) is 19.1 Å². The molecule has 0 aliphatic rings. The van der Waals surface area contributed by atoms with Gasteiger partial charge in [-0.1, -0.05) is 27.7 Å². The highest BCUT2D eigenvalue weighted by molar-refractivity contribution is 7.60. The van der Waals surface area contributed by atoms with E-state index in [4.69, 9.17) is 14.3 Å². The van der Waals surface area contributed by atoms with Gasteiger partial charge in [-0.3, -0.25) is 4.52 Å². The van der Waals surface area contributed by atoms with Crippen molar-refractivity contribution in [2.75, 3.05) is 6.61 Å². The Morgan fingerprint density at radius 2 is 1.36 bits per heavy atom. The molecule has 0 aliphatic carbocycles. The van der Waals surface area contributed by atoms with Gasteiger partial charge in [-0.15, -0.1) is 0 Å². The molecule has 1 unspecified atom stereocenters. The van der Waals surface area contributed by atoms with Gasteiger partial charge in [0.1, 0.15) is 0 Å². The summed E-state index contributed by atoms with van der Waals surface area (Å²) >= 11 is 0. The Hall–Kier alpha value is 0.220. The molecule has 0 rings (SSSR count). The molecule has 0 fully saturated rings. The maximum atomic E-state index is 12.0. The van der Waals surface area contributed by atoms with Crippen molar-refractivity contribution in [2.45, 2.75) is 65.4 Å². The normalized spacial score (nSPS) is 16.5. The van der Waals surface area contributed by atoms with Gasteiger partial charge >= 0.3 is 15.6 Å². The first-order chi connectivity index (χ1) is 9.97. The molecule has 0 heterocycles. The maximum Gasteiger partial charge on any atom is 0.481 e. The van der Waals surface area contributed by atoms with Crippen LogP contribution in [0.5, 0.6) is 0 Å². The smallest absolute Gasteiger partial charge is 0.396 e. The minimum absolute atomic E-state index is 0.123. The van der Waals surface area contributed by atoms with E-state index in [1.165, 1.54) is 0 Å². The molecular formula is C12H28O8P2. The second-order valence-electron chi connectivity index (χ2n) is 5.29. The summed E-state index contributed by atoms with van der Waals surface area (Å²) in [7, 11) is -10.1. The van der Waals surface area contributed by atoms with Crippen LogP contribution in [0.15, 0.2) is 0 Å². The molecule has 0 aromatic heterocycles. The van der Waals surface area contributed by atoms with Crippen molar-refractivity contribution >= 4 is 15.6 Å². The van der Waals surface area contributed by atoms with Crippen LogP contribution in [0.25, 0.3) is 0 Å². The highest BCUT2D eigenvalue weighted by atomic mass is 31.3. The molecule has 0 amide bonds. The number of hydrogen-bond acceptors (Lipinski definition) is 5. The summed E-state index contributed by atoms with van der Waals surface area (Å²) in [5.74, 6) is 0. The molecule has 0 saturated heterocycles. The van der Waals surface area contributed by atoms with E-state index in [2.05, 4.69) is 4.31 Å². The summed E-state index contributed by atoms with van der Waals surface area (Å²) in [6.07, 6.45) is 2.15. The Morgan fingerprint density at radius 1 is 0.909 bits per heavy atom. The zero-order valence-electron chi connectivity index (χ0n) is 13.6. The van der Waals surface area contributed by atoms with E-state index in [1.807, 2.05) is 13.8 Å². The van der Waals surface area contributed by atoms with Crippen LogP contribution in [0, 0.1) is 5.41 Å². The van der Waals surface area contributed by atoms with E-state index in [1.54, 1.807) is 13.8 Å². The summed E-state index contributed by atoms with van der Waals surface area (Å²) < 4.78 is 32.1. The molecule has 0 aromatic carbocycles. The lowest BCUT2D eigenvalue weighted by atomic mass is 9.64. The highest BCUT2D eigenvalue weighted by Crippen LogP contribution is 2.63. The number of phosphoric acid groups is 2. The Labute approximate surface area is 131 Å². The first-order valence-electron chi connectivity index (χ1n) is 7.38. The molecule has 22 heavy (non-hydrogen) atoms. The fourth-order valence-corrected chi connectivity index (χ4v) is 5.39. The van der Waals surface area contributed by atoms with Crippen molar-refractivity contribution in [1.29, 1.82) is 0 Å². The van der Waals surface area contributed by atoms with Gasteiger partial charge in [-0.05, 0) is 32.1 Å². The number of rotatable bonds is 11. The van der Waals surface area contributed by atoms with Crippen LogP contribution in [0.2, 0.25) is 0 Å². The van der Waals surface area contributed by atoms with Gasteiger partial charge in [0.15, 0.2) is 0 Å². The minimum Gasteiger partial charge on any atom is -0.396 e. The fourth-order valence-electron chi connectivity index (χ4n) is 3.29. The molecule has 134 valence electrons. The third-order valence-corrected chi connectivity index (χ3v) is 6.81. The van der Waals surface area contributed by atoms with Crippen LogP contribution in [0.4, 0.5) is 0 Å². The fraction of sp³-hybridized carbons (Fsp3) is 1.00. The summed E-state index contributed by atoms with van der Waals surface area (Å²) in [4.78, 5) is 27.2. The van der Waals surface area contributed by atoms with Crippen molar-refractivity contribution in [2.24, 2.45) is 5.41 Å². The number of phosphoric ester groups is 1. The molecule has 0 bridgehead atoms. The minimum atomic E-state index is -5.17. The summed E-state index contributed by atoms with van der Waals surface area (Å²) in [6, 6.07) is 0. The first kappa shape index (κ1) is 22.2. The molecule has 0 aromatic rings. The SMILES string of the molecule is CCC(CC)(CCO)C(CC)(CC)OP(=O)(O)OP(=O)(O)O. The van der Waals surface area contributed by atoms with Gasteiger partial charge in [0, 0.05) is 12.0 Å². The van der Waals surface area contributed by atoms with Crippen molar-refractivity contribution in [3.63, 3.8) is 0 Å². The molecular weight excluding hydrogens is 334 g/mol. The molecule has 4 N–H and O–H groups in total. The van der Waals surface area contributed by atoms with Crippen LogP contribution in [0.1, 0.15) is 59.8 Å². The maximum absolute atomic E-state index is 12.0. The van der Waals surface area contributed by atoms with Gasteiger partial charge in [0.25, 0.3) is 0 Å². The van der Waals surface area contributed by atoms with E-state index < -0.39 is 26.7 Å². The van der Waals surface area contributed by atoms with Gasteiger partial charge in [-0.25, -0.2) is 9.13 Å². The molecule has 1 atom stereocenters. The van der Waals surface area contributed by atoms with Crippen LogP contribution in [0.3, 0.4) is 0 Å². The van der Waals surface area contributed by atoms with Crippen molar-refractivity contribution in [1.82, 2.24) is 0 Å². The lowest BCUT2D eigenvalue weighted by Gasteiger charge is -2.49. The van der Waals surface area contributed by atoms with Gasteiger partial charge in [0.05, 0.1) is 5.60 Å². The zero-order valence-corrected chi connectivity index (χ0v) is 15.3. The molecule has 10 heteroatoms. The van der Waals surface area contributed by atoms with Gasteiger partial charge in [0.2, 0.25) is 0 Å². The Kier molecular flexibility index (Phi) is 8.44. The standard InChI is InChI=1S/C12H28O8P2/c1-5-11(6-2,9-10-13)12(7-3,8-4)19-22(17,18)20-21(14,15)16/h13H,5-10H2,1-4H3,(H,17,18)(H2,14,15,16). The number of aliphatic hydroxyl groups excluding tert-OH is 1. The van der Waals surface area contributed by atoms with Crippen LogP contribution < -0.4 is 0 Å². The molecule has 0 radical (unpaired) electrons. The summed E-state index contributed by atoms with van der Waals surface area (Å²) in [5.41, 5.74) is -1.75. The first-order valence-corrected chi connectivity index (χ1v) is 10.4. The van der Waals surface area contributed by atoms with Gasteiger partial charge in [-0.2, -0.15) is 4.31 Å². The number of aliphatic hydroxyl groups is 1. The predicted octanol–water partition coefficient (Wildman–Crippen LogP) is 2.96. The topological polar surface area (TPSA) is 134 Å². The van der Waals surface area contributed by atoms with Crippen LogP contribution >= 0.6 is 15.6 Å². The van der Waals surface area contributed by atoms with Crippen LogP contribution in [-0.2, 0) is 18.0 Å². The van der Waals surface area contributed by atoms with Crippen molar-refractivity contribution in [3.8, 4) is 0 Å². The average molecular weight is 362 g/mol. The molecule has 0 saturated carbocycles. The molecule has 8 nitrogen and oxygen atoms in total. The number of hydrogen-bond donors (Lipinski definition) is 4. The summed E-state index contributed by atoms with van der Waals surface area (Å²) in [5, 5.41) is 9.36. The van der Waals surface area contributed by atoms with Crippen molar-refractivity contribution in [3.05, 3.63) is 0 Å². The second kappa shape index (κ2) is 8.36.